The maximum absolute atomic E-state index is 11.6. The number of carboxylic acids is 1. The van der Waals surface area contributed by atoms with Gasteiger partial charge in [0.2, 0.25) is 0 Å². The fourth-order valence-corrected chi connectivity index (χ4v) is 3.18. The van der Waals surface area contributed by atoms with E-state index in [1.807, 2.05) is 6.07 Å². The van der Waals surface area contributed by atoms with E-state index in [0.717, 1.165) is 30.4 Å². The van der Waals surface area contributed by atoms with Gasteiger partial charge < -0.3 is 5.11 Å². The third-order valence-electron chi connectivity index (χ3n) is 4.72. The summed E-state index contributed by atoms with van der Waals surface area (Å²) in [6.45, 7) is 4.41. The first-order valence-electron chi connectivity index (χ1n) is 9.61. The summed E-state index contributed by atoms with van der Waals surface area (Å²) in [5.74, 6) is -0.859. The topological polar surface area (TPSA) is 37.3 Å². The summed E-state index contributed by atoms with van der Waals surface area (Å²) in [6.07, 6.45) is 9.35. The fourth-order valence-electron chi connectivity index (χ4n) is 3.18. The first-order chi connectivity index (χ1) is 12.2. The second-order valence-electron chi connectivity index (χ2n) is 6.80. The van der Waals surface area contributed by atoms with Crippen LogP contribution in [0, 0.1) is 0 Å². The van der Waals surface area contributed by atoms with Gasteiger partial charge in [-0.3, -0.25) is 0 Å². The summed E-state index contributed by atoms with van der Waals surface area (Å²) in [4.78, 5) is 11.6. The highest BCUT2D eigenvalue weighted by Gasteiger charge is 2.12. The van der Waals surface area contributed by atoms with Crippen LogP contribution >= 0.6 is 0 Å². The molecular weight excluding hydrogens is 308 g/mol. The average Bonchev–Trinajstić information content (AvgIpc) is 2.62. The zero-order valence-electron chi connectivity index (χ0n) is 15.6. The summed E-state index contributed by atoms with van der Waals surface area (Å²) in [7, 11) is 0. The van der Waals surface area contributed by atoms with E-state index in [1.165, 1.54) is 43.2 Å². The van der Waals surface area contributed by atoms with Gasteiger partial charge in [-0.1, -0.05) is 75.9 Å². The highest BCUT2D eigenvalue weighted by atomic mass is 16.4. The SMILES string of the molecule is CCCCCc1ccc(-c2cc(CCCCC)ccc2C(=O)O)cc1. The van der Waals surface area contributed by atoms with Crippen LogP contribution < -0.4 is 0 Å². The van der Waals surface area contributed by atoms with Crippen molar-refractivity contribution in [3.63, 3.8) is 0 Å². The van der Waals surface area contributed by atoms with Crippen LogP contribution in [0.3, 0.4) is 0 Å². The van der Waals surface area contributed by atoms with Crippen LogP contribution in [0.15, 0.2) is 42.5 Å². The molecule has 1 N–H and O–H groups in total. The first-order valence-corrected chi connectivity index (χ1v) is 9.61. The Bertz CT molecular complexity index is 671. The van der Waals surface area contributed by atoms with Gasteiger partial charge in [-0.2, -0.15) is 0 Å². The minimum absolute atomic E-state index is 0.387. The molecule has 2 aromatic carbocycles. The van der Waals surface area contributed by atoms with Gasteiger partial charge in [0.05, 0.1) is 5.56 Å². The van der Waals surface area contributed by atoms with E-state index in [0.29, 0.717) is 5.56 Å². The van der Waals surface area contributed by atoms with E-state index in [-0.39, 0.29) is 0 Å². The second kappa shape index (κ2) is 10.0. The van der Waals surface area contributed by atoms with E-state index < -0.39 is 5.97 Å². The molecule has 0 bridgehead atoms. The highest BCUT2D eigenvalue weighted by Crippen LogP contribution is 2.27. The molecule has 0 radical (unpaired) electrons. The zero-order valence-corrected chi connectivity index (χ0v) is 15.6. The Hall–Kier alpha value is -2.09. The third kappa shape index (κ3) is 5.74. The molecule has 0 aromatic heterocycles. The standard InChI is InChI=1S/C23H30O2/c1-3-5-7-9-18-11-14-20(15-12-18)22-17-19(10-8-6-4-2)13-16-21(22)23(24)25/h11-17H,3-10H2,1-2H3,(H,24,25). The van der Waals surface area contributed by atoms with Crippen molar-refractivity contribution in [2.75, 3.05) is 0 Å². The maximum Gasteiger partial charge on any atom is 0.336 e. The summed E-state index contributed by atoms with van der Waals surface area (Å²) >= 11 is 0. The molecule has 134 valence electrons. The van der Waals surface area contributed by atoms with Crippen LogP contribution in [0.25, 0.3) is 11.1 Å². The molecule has 2 rings (SSSR count). The molecular formula is C23H30O2. The van der Waals surface area contributed by atoms with Gasteiger partial charge in [-0.25, -0.2) is 4.79 Å². The van der Waals surface area contributed by atoms with Gasteiger partial charge in [-0.05, 0) is 54.0 Å². The molecule has 0 saturated heterocycles. The van der Waals surface area contributed by atoms with Crippen molar-refractivity contribution in [1.82, 2.24) is 0 Å². The molecule has 0 saturated carbocycles. The molecule has 0 aliphatic rings. The molecule has 0 spiro atoms. The smallest absolute Gasteiger partial charge is 0.336 e. The monoisotopic (exact) mass is 338 g/mol. The van der Waals surface area contributed by atoms with Gasteiger partial charge in [-0.15, -0.1) is 0 Å². The molecule has 0 unspecified atom stereocenters. The van der Waals surface area contributed by atoms with Crippen molar-refractivity contribution in [3.8, 4) is 11.1 Å². The average molecular weight is 338 g/mol. The molecule has 0 aliphatic heterocycles. The quantitative estimate of drug-likeness (QED) is 0.501. The molecule has 0 heterocycles. The van der Waals surface area contributed by atoms with Gasteiger partial charge in [0.1, 0.15) is 0 Å². The second-order valence-corrected chi connectivity index (χ2v) is 6.80. The van der Waals surface area contributed by atoms with Crippen molar-refractivity contribution in [1.29, 1.82) is 0 Å². The largest absolute Gasteiger partial charge is 0.478 e. The lowest BCUT2D eigenvalue weighted by Gasteiger charge is -2.11. The summed E-state index contributed by atoms with van der Waals surface area (Å²) in [6, 6.07) is 14.2. The van der Waals surface area contributed by atoms with Gasteiger partial charge in [0.15, 0.2) is 0 Å². The first kappa shape index (κ1) is 19.2. The summed E-state index contributed by atoms with van der Waals surface area (Å²) in [5.41, 5.74) is 4.77. The van der Waals surface area contributed by atoms with E-state index in [4.69, 9.17) is 0 Å². The van der Waals surface area contributed by atoms with Crippen LogP contribution in [0.4, 0.5) is 0 Å². The lowest BCUT2D eigenvalue weighted by Crippen LogP contribution is -2.01. The number of aryl methyl sites for hydroxylation is 2. The van der Waals surface area contributed by atoms with Crippen LogP contribution in [0.5, 0.6) is 0 Å². The summed E-state index contributed by atoms with van der Waals surface area (Å²) < 4.78 is 0. The Morgan fingerprint density at radius 2 is 1.36 bits per heavy atom. The molecule has 2 nitrogen and oxygen atoms in total. The Kier molecular flexibility index (Phi) is 7.72. The Morgan fingerprint density at radius 1 is 0.800 bits per heavy atom. The van der Waals surface area contributed by atoms with Crippen molar-refractivity contribution in [2.45, 2.75) is 65.2 Å². The Balaban J connectivity index is 2.22. The maximum atomic E-state index is 11.6. The van der Waals surface area contributed by atoms with Crippen LogP contribution in [0.1, 0.15) is 73.9 Å². The van der Waals surface area contributed by atoms with Gasteiger partial charge in [0, 0.05) is 0 Å². The summed E-state index contributed by atoms with van der Waals surface area (Å²) in [5, 5.41) is 9.53. The predicted octanol–water partition coefficient (Wildman–Crippen LogP) is 6.52. The normalized spacial score (nSPS) is 10.8. The number of carboxylic acid groups (broad SMARTS) is 1. The number of hydrogen-bond acceptors (Lipinski definition) is 1. The molecule has 2 aromatic rings. The van der Waals surface area contributed by atoms with E-state index >= 15 is 0 Å². The fraction of sp³-hybridized carbons (Fsp3) is 0.435. The number of rotatable bonds is 10. The highest BCUT2D eigenvalue weighted by molar-refractivity contribution is 5.96. The third-order valence-corrected chi connectivity index (χ3v) is 4.72. The van der Waals surface area contributed by atoms with Crippen molar-refractivity contribution < 1.29 is 9.90 Å². The number of hydrogen-bond donors (Lipinski definition) is 1. The van der Waals surface area contributed by atoms with E-state index in [1.54, 1.807) is 6.07 Å². The number of carbonyl (C=O) groups is 1. The van der Waals surface area contributed by atoms with Crippen molar-refractivity contribution in [3.05, 3.63) is 59.2 Å². The van der Waals surface area contributed by atoms with E-state index in [2.05, 4.69) is 44.2 Å². The molecule has 2 heteroatoms. The van der Waals surface area contributed by atoms with Crippen LogP contribution in [0.2, 0.25) is 0 Å². The minimum atomic E-state index is -0.859. The Labute approximate surface area is 151 Å². The number of aromatic carboxylic acids is 1. The Morgan fingerprint density at radius 3 is 1.92 bits per heavy atom. The molecule has 0 amide bonds. The van der Waals surface area contributed by atoms with E-state index in [9.17, 15) is 9.90 Å². The molecule has 0 fully saturated rings. The van der Waals surface area contributed by atoms with Crippen molar-refractivity contribution in [2.24, 2.45) is 0 Å². The lowest BCUT2D eigenvalue weighted by molar-refractivity contribution is 0.0697. The van der Waals surface area contributed by atoms with Gasteiger partial charge in [0.25, 0.3) is 0 Å². The molecule has 25 heavy (non-hydrogen) atoms. The minimum Gasteiger partial charge on any atom is -0.478 e. The predicted molar refractivity (Wildman–Crippen MR) is 105 cm³/mol. The van der Waals surface area contributed by atoms with Crippen LogP contribution in [-0.2, 0) is 12.8 Å². The molecule has 0 aliphatic carbocycles. The van der Waals surface area contributed by atoms with Crippen LogP contribution in [-0.4, -0.2) is 11.1 Å². The van der Waals surface area contributed by atoms with Crippen molar-refractivity contribution >= 4 is 5.97 Å². The van der Waals surface area contributed by atoms with Gasteiger partial charge >= 0.3 is 5.97 Å². The number of benzene rings is 2. The number of unbranched alkanes of at least 4 members (excludes halogenated alkanes) is 4. The lowest BCUT2D eigenvalue weighted by atomic mass is 9.94. The molecule has 0 atom stereocenters. The zero-order chi connectivity index (χ0) is 18.1.